The number of halogens is 4. The standard InChI is InChI=1S/C23H25F3IN5O3/c1-11-18-20(31(2)19(21(33)29-18)23(34-3)5-4-6-23)30-22(28-11)32(27)12-7-13(8-12)35-14-9-15(24)17(26)16(25)10-14/h9-10,12-13,19H,4-8H2,1-3H3,(H,29,33)/t12?,13?,19-/m1/s1. The Balaban J connectivity index is 1.31. The fraction of sp³-hybridized carbons (Fsp3) is 0.522. The van der Waals surface area contributed by atoms with Crippen LogP contribution in [0.2, 0.25) is 0 Å². The van der Waals surface area contributed by atoms with E-state index in [1.54, 1.807) is 7.11 Å². The molecule has 8 nitrogen and oxygen atoms in total. The molecule has 2 aliphatic carbocycles. The topological polar surface area (TPSA) is 79.8 Å². The zero-order valence-corrected chi connectivity index (χ0v) is 21.6. The number of hydrogen-bond acceptors (Lipinski definition) is 7. The van der Waals surface area contributed by atoms with E-state index in [0.29, 0.717) is 36.0 Å². The van der Waals surface area contributed by atoms with E-state index >= 15 is 0 Å². The van der Waals surface area contributed by atoms with Crippen molar-refractivity contribution in [1.82, 2.24) is 9.97 Å². The zero-order valence-electron chi connectivity index (χ0n) is 19.4. The number of rotatable bonds is 6. The minimum atomic E-state index is -1.51. The van der Waals surface area contributed by atoms with Crippen molar-refractivity contribution in [2.24, 2.45) is 0 Å². The molecule has 1 N–H and O–H groups in total. The molecule has 0 unspecified atom stereocenters. The van der Waals surface area contributed by atoms with Gasteiger partial charge in [0.2, 0.25) is 11.9 Å². The Morgan fingerprint density at radius 1 is 1.20 bits per heavy atom. The van der Waals surface area contributed by atoms with Crippen LogP contribution in [0.4, 0.5) is 30.6 Å². The van der Waals surface area contributed by atoms with E-state index in [2.05, 4.69) is 33.2 Å². The summed E-state index contributed by atoms with van der Waals surface area (Å²) in [6, 6.07) is 1.23. The van der Waals surface area contributed by atoms with Gasteiger partial charge in [-0.2, -0.15) is 4.98 Å². The summed E-state index contributed by atoms with van der Waals surface area (Å²) in [7, 11) is 3.49. The highest BCUT2D eigenvalue weighted by molar-refractivity contribution is 14.1. The summed E-state index contributed by atoms with van der Waals surface area (Å²) in [5.41, 5.74) is 0.704. The Labute approximate surface area is 214 Å². The Morgan fingerprint density at radius 2 is 1.86 bits per heavy atom. The largest absolute Gasteiger partial charge is 0.490 e. The van der Waals surface area contributed by atoms with Crippen LogP contribution >= 0.6 is 22.9 Å². The van der Waals surface area contributed by atoms with Crippen LogP contribution in [-0.4, -0.2) is 53.8 Å². The van der Waals surface area contributed by atoms with Gasteiger partial charge in [-0.1, -0.05) is 0 Å². The van der Waals surface area contributed by atoms with Crippen LogP contribution in [0.3, 0.4) is 0 Å². The van der Waals surface area contributed by atoms with E-state index in [0.717, 1.165) is 31.4 Å². The molecule has 0 saturated heterocycles. The van der Waals surface area contributed by atoms with Crippen molar-refractivity contribution in [2.75, 3.05) is 27.5 Å². The lowest BCUT2D eigenvalue weighted by Crippen LogP contribution is -2.64. The maximum absolute atomic E-state index is 13.5. The second-order valence-corrected chi connectivity index (χ2v) is 10.3. The predicted octanol–water partition coefficient (Wildman–Crippen LogP) is 4.29. The van der Waals surface area contributed by atoms with Gasteiger partial charge in [0.05, 0.1) is 34.2 Å². The highest BCUT2D eigenvalue weighted by atomic mass is 127. The monoisotopic (exact) mass is 603 g/mol. The first-order valence-electron chi connectivity index (χ1n) is 11.4. The van der Waals surface area contributed by atoms with Crippen molar-refractivity contribution in [1.29, 1.82) is 0 Å². The molecule has 1 aliphatic heterocycles. The molecule has 1 aromatic carbocycles. The number of aryl methyl sites for hydroxylation is 1. The molecule has 12 heteroatoms. The highest BCUT2D eigenvalue weighted by Gasteiger charge is 2.52. The van der Waals surface area contributed by atoms with Gasteiger partial charge in [-0.3, -0.25) is 7.91 Å². The van der Waals surface area contributed by atoms with Crippen LogP contribution in [0.1, 0.15) is 37.8 Å². The number of nitrogens with zero attached hydrogens (tertiary/aromatic N) is 4. The fourth-order valence-corrected chi connectivity index (χ4v) is 5.68. The molecule has 1 amide bonds. The van der Waals surface area contributed by atoms with Crippen LogP contribution in [0.15, 0.2) is 12.1 Å². The average Bonchev–Trinajstić information content (AvgIpc) is 2.76. The molecule has 2 aromatic rings. The first-order valence-corrected chi connectivity index (χ1v) is 12.3. The molecule has 188 valence electrons. The van der Waals surface area contributed by atoms with Crippen molar-refractivity contribution in [2.45, 2.75) is 62.8 Å². The van der Waals surface area contributed by atoms with Crippen LogP contribution in [0.25, 0.3) is 0 Å². The quantitative estimate of drug-likeness (QED) is 0.300. The van der Waals surface area contributed by atoms with Crippen molar-refractivity contribution >= 4 is 46.2 Å². The number of benzene rings is 1. The number of ether oxygens (including phenoxy) is 2. The number of amides is 1. The normalized spacial score (nSPS) is 24.7. The number of aromatic nitrogens is 2. The van der Waals surface area contributed by atoms with E-state index in [1.165, 1.54) is 0 Å². The molecule has 0 bridgehead atoms. The van der Waals surface area contributed by atoms with Gasteiger partial charge >= 0.3 is 0 Å². The molecule has 5 rings (SSSR count). The van der Waals surface area contributed by atoms with Gasteiger partial charge in [-0.15, -0.1) is 0 Å². The molecule has 1 atom stereocenters. The lowest BCUT2D eigenvalue weighted by molar-refractivity contribution is -0.135. The molecule has 1 aromatic heterocycles. The Bertz CT molecular complexity index is 1150. The van der Waals surface area contributed by atoms with Gasteiger partial charge < -0.3 is 19.7 Å². The van der Waals surface area contributed by atoms with Crippen molar-refractivity contribution < 1.29 is 27.4 Å². The van der Waals surface area contributed by atoms with Crippen LogP contribution < -0.4 is 18.1 Å². The van der Waals surface area contributed by atoms with E-state index in [-0.39, 0.29) is 23.8 Å². The van der Waals surface area contributed by atoms with E-state index in [9.17, 15) is 18.0 Å². The molecule has 2 heterocycles. The summed E-state index contributed by atoms with van der Waals surface area (Å²) < 4.78 is 53.4. The van der Waals surface area contributed by atoms with Crippen LogP contribution in [0, 0.1) is 24.4 Å². The number of nitrogens with one attached hydrogen (secondary N) is 1. The van der Waals surface area contributed by atoms with Gasteiger partial charge in [0, 0.05) is 45.2 Å². The Morgan fingerprint density at radius 3 is 2.43 bits per heavy atom. The number of hydrogen-bond donors (Lipinski definition) is 1. The smallest absolute Gasteiger partial charge is 0.250 e. The predicted molar refractivity (Wildman–Crippen MR) is 131 cm³/mol. The maximum atomic E-state index is 13.5. The Kier molecular flexibility index (Phi) is 6.22. The van der Waals surface area contributed by atoms with E-state index in [4.69, 9.17) is 14.5 Å². The summed E-state index contributed by atoms with van der Waals surface area (Å²) in [5, 5.41) is 2.97. The third-order valence-electron chi connectivity index (χ3n) is 7.22. The number of likely N-dealkylation sites (N-methyl/N-ethyl adjacent to an activating group) is 1. The van der Waals surface area contributed by atoms with Gasteiger partial charge in [-0.25, -0.2) is 18.2 Å². The van der Waals surface area contributed by atoms with Crippen molar-refractivity contribution in [3.63, 3.8) is 0 Å². The number of fused-ring (bicyclic) bond motifs is 1. The molecule has 35 heavy (non-hydrogen) atoms. The SMILES string of the molecule is COC1([C@H]2C(=O)Nc3c(C)nc(N(I)C4CC(Oc5cc(F)c(F)c(F)c5)C4)nc3N2C)CCC1. The lowest BCUT2D eigenvalue weighted by atomic mass is 9.73. The van der Waals surface area contributed by atoms with Gasteiger partial charge in [0.1, 0.15) is 23.6 Å². The second kappa shape index (κ2) is 8.95. The minimum Gasteiger partial charge on any atom is -0.490 e. The van der Waals surface area contributed by atoms with Crippen molar-refractivity contribution in [3.05, 3.63) is 35.3 Å². The highest BCUT2D eigenvalue weighted by Crippen LogP contribution is 2.45. The van der Waals surface area contributed by atoms with Crippen LogP contribution in [-0.2, 0) is 9.53 Å². The third-order valence-corrected chi connectivity index (χ3v) is 8.44. The summed E-state index contributed by atoms with van der Waals surface area (Å²) in [6.07, 6.45) is 3.50. The number of carbonyl (C=O) groups excluding carboxylic acids is 1. The molecule has 3 aliphatic rings. The van der Waals surface area contributed by atoms with Gasteiger partial charge in [0.25, 0.3) is 0 Å². The summed E-state index contributed by atoms with van der Waals surface area (Å²) in [5.74, 6) is -3.12. The first kappa shape index (κ1) is 24.3. The van der Waals surface area contributed by atoms with Gasteiger partial charge in [0.15, 0.2) is 23.3 Å². The number of anilines is 3. The average molecular weight is 603 g/mol. The van der Waals surface area contributed by atoms with Crippen molar-refractivity contribution in [3.8, 4) is 5.75 Å². The van der Waals surface area contributed by atoms with E-state index in [1.807, 2.05) is 22.0 Å². The lowest BCUT2D eigenvalue weighted by Gasteiger charge is -2.50. The number of carbonyl (C=O) groups is 1. The molecule has 2 fully saturated rings. The van der Waals surface area contributed by atoms with Crippen LogP contribution in [0.5, 0.6) is 5.75 Å². The molecule has 2 saturated carbocycles. The van der Waals surface area contributed by atoms with Gasteiger partial charge in [-0.05, 0) is 26.2 Å². The molecule has 0 radical (unpaired) electrons. The maximum Gasteiger partial charge on any atom is 0.250 e. The molecular formula is C23H25F3IN5O3. The minimum absolute atomic E-state index is 0.0319. The second-order valence-electron chi connectivity index (χ2n) is 9.31. The first-order chi connectivity index (χ1) is 16.6. The summed E-state index contributed by atoms with van der Waals surface area (Å²) in [4.78, 5) is 24.2. The zero-order chi connectivity index (χ0) is 25.1. The number of methoxy groups -OCH3 is 1. The van der Waals surface area contributed by atoms with E-state index < -0.39 is 29.1 Å². The summed E-state index contributed by atoms with van der Waals surface area (Å²) >= 11 is 2.14. The Hall–Kier alpha value is -2.35. The summed E-state index contributed by atoms with van der Waals surface area (Å²) in [6.45, 7) is 1.82. The third kappa shape index (κ3) is 4.07. The fourth-order valence-electron chi connectivity index (χ4n) is 5.01. The molecule has 0 spiro atoms. The molecular weight excluding hydrogens is 578 g/mol.